The van der Waals surface area contributed by atoms with Crippen LogP contribution in [0.2, 0.25) is 0 Å². The number of nitrogens with zero attached hydrogens (tertiary/aromatic N) is 2. The maximum Gasteiger partial charge on any atom is 0.191 e. The zero-order valence-corrected chi connectivity index (χ0v) is 15.9. The molecule has 0 aromatic carbocycles. The number of piperidine rings is 1. The van der Waals surface area contributed by atoms with Crippen molar-refractivity contribution < 1.29 is 4.74 Å². The summed E-state index contributed by atoms with van der Waals surface area (Å²) in [6.45, 7) is 16.7. The number of ether oxygens (including phenoxy) is 1. The average molecular weight is 325 g/mol. The van der Waals surface area contributed by atoms with Crippen LogP contribution in [0, 0.1) is 5.41 Å². The highest BCUT2D eigenvalue weighted by atomic mass is 16.5. The van der Waals surface area contributed by atoms with Crippen LogP contribution in [-0.2, 0) is 4.74 Å². The Labute approximate surface area is 142 Å². The Hall–Kier alpha value is -1.07. The van der Waals surface area contributed by atoms with Crippen LogP contribution in [0.5, 0.6) is 0 Å². The minimum Gasteiger partial charge on any atom is -0.379 e. The van der Waals surface area contributed by atoms with Crippen molar-refractivity contribution in [3.8, 4) is 0 Å². The largest absolute Gasteiger partial charge is 0.379 e. The molecule has 0 saturated carbocycles. The van der Waals surface area contributed by atoms with E-state index in [0.717, 1.165) is 45.0 Å². The van der Waals surface area contributed by atoms with Crippen LogP contribution < -0.4 is 10.6 Å². The third-order valence-corrected chi connectivity index (χ3v) is 4.35. The second kappa shape index (κ2) is 9.28. The Balaban J connectivity index is 2.39. The quantitative estimate of drug-likeness (QED) is 0.447. The summed E-state index contributed by atoms with van der Waals surface area (Å²) in [6, 6.07) is 0.484. The second-order valence-corrected chi connectivity index (χ2v) is 7.70. The van der Waals surface area contributed by atoms with Crippen molar-refractivity contribution in [2.45, 2.75) is 52.7 Å². The van der Waals surface area contributed by atoms with Gasteiger partial charge in [-0.25, -0.2) is 0 Å². The van der Waals surface area contributed by atoms with Gasteiger partial charge in [0.1, 0.15) is 0 Å². The van der Waals surface area contributed by atoms with E-state index in [-0.39, 0.29) is 11.5 Å². The summed E-state index contributed by atoms with van der Waals surface area (Å²) in [4.78, 5) is 6.82. The molecule has 1 unspecified atom stereocenters. The molecule has 23 heavy (non-hydrogen) atoms. The first-order chi connectivity index (χ1) is 10.8. The van der Waals surface area contributed by atoms with Crippen LogP contribution in [0.25, 0.3) is 0 Å². The molecule has 0 aliphatic carbocycles. The van der Waals surface area contributed by atoms with Crippen molar-refractivity contribution in [2.24, 2.45) is 10.4 Å². The smallest absolute Gasteiger partial charge is 0.191 e. The lowest BCUT2D eigenvalue weighted by Gasteiger charge is -2.34. The molecule has 0 aromatic rings. The minimum absolute atomic E-state index is 0.106. The topological polar surface area (TPSA) is 48.9 Å². The number of likely N-dealkylation sites (tertiary alicyclic amines) is 1. The van der Waals surface area contributed by atoms with Gasteiger partial charge < -0.3 is 15.4 Å². The summed E-state index contributed by atoms with van der Waals surface area (Å²) in [5, 5.41) is 6.95. The van der Waals surface area contributed by atoms with Crippen molar-refractivity contribution in [1.29, 1.82) is 0 Å². The van der Waals surface area contributed by atoms with Gasteiger partial charge in [0, 0.05) is 46.4 Å². The number of hydrogen-bond acceptors (Lipinski definition) is 3. The van der Waals surface area contributed by atoms with Crippen LogP contribution >= 0.6 is 0 Å². The van der Waals surface area contributed by atoms with E-state index >= 15 is 0 Å². The van der Waals surface area contributed by atoms with E-state index in [1.165, 1.54) is 5.57 Å². The van der Waals surface area contributed by atoms with Gasteiger partial charge >= 0.3 is 0 Å². The zero-order valence-electron chi connectivity index (χ0n) is 15.9. The van der Waals surface area contributed by atoms with E-state index in [1.807, 2.05) is 7.05 Å². The molecule has 1 aliphatic heterocycles. The predicted octanol–water partition coefficient (Wildman–Crippen LogP) is 2.25. The normalized spacial score (nSPS) is 19.5. The summed E-state index contributed by atoms with van der Waals surface area (Å²) in [5.74, 6) is 0.870. The standard InChI is InChI=1S/C18H36N4O/c1-14(2)13-22-10-8-15(9-11-22)21-17(19-6)20-12-16(23-7)18(3,4)5/h15-16H,1,8-13H2,2-7H3,(H2,19,20,21). The van der Waals surface area contributed by atoms with E-state index in [4.69, 9.17) is 4.74 Å². The van der Waals surface area contributed by atoms with Gasteiger partial charge in [0.05, 0.1) is 6.10 Å². The predicted molar refractivity (Wildman–Crippen MR) is 99.0 cm³/mol. The summed E-state index contributed by atoms with van der Waals surface area (Å²) in [6.07, 6.45) is 2.43. The molecule has 0 bridgehead atoms. The Morgan fingerprint density at radius 2 is 1.96 bits per heavy atom. The van der Waals surface area contributed by atoms with Crippen LogP contribution in [0.3, 0.4) is 0 Å². The van der Waals surface area contributed by atoms with E-state index in [0.29, 0.717) is 6.04 Å². The molecule has 0 aromatic heterocycles. The molecular formula is C18H36N4O. The Morgan fingerprint density at radius 1 is 1.35 bits per heavy atom. The molecule has 1 atom stereocenters. The van der Waals surface area contributed by atoms with Crippen molar-refractivity contribution in [3.05, 3.63) is 12.2 Å². The van der Waals surface area contributed by atoms with Gasteiger partial charge in [-0.1, -0.05) is 32.9 Å². The van der Waals surface area contributed by atoms with Crippen molar-refractivity contribution in [3.63, 3.8) is 0 Å². The van der Waals surface area contributed by atoms with Crippen LogP contribution in [-0.4, -0.2) is 63.3 Å². The molecule has 134 valence electrons. The molecule has 1 saturated heterocycles. The van der Waals surface area contributed by atoms with Gasteiger partial charge in [0.25, 0.3) is 0 Å². The highest BCUT2D eigenvalue weighted by Gasteiger charge is 2.25. The maximum atomic E-state index is 5.59. The lowest BCUT2D eigenvalue weighted by molar-refractivity contribution is 0.0204. The molecule has 2 N–H and O–H groups in total. The average Bonchev–Trinajstić information content (AvgIpc) is 2.46. The molecule has 0 amide bonds. The summed E-state index contributed by atoms with van der Waals surface area (Å²) >= 11 is 0. The molecule has 1 aliphatic rings. The number of hydrogen-bond donors (Lipinski definition) is 2. The lowest BCUT2D eigenvalue weighted by atomic mass is 9.89. The number of aliphatic imine (C=N–C) groups is 1. The fraction of sp³-hybridized carbons (Fsp3) is 0.833. The van der Waals surface area contributed by atoms with Gasteiger partial charge in [0.15, 0.2) is 5.96 Å². The molecule has 5 nitrogen and oxygen atoms in total. The number of methoxy groups -OCH3 is 1. The molecule has 0 radical (unpaired) electrons. The van der Waals surface area contributed by atoms with E-state index in [1.54, 1.807) is 7.11 Å². The first-order valence-corrected chi connectivity index (χ1v) is 8.63. The van der Waals surface area contributed by atoms with Gasteiger partial charge in [0.2, 0.25) is 0 Å². The minimum atomic E-state index is 0.106. The first-order valence-electron chi connectivity index (χ1n) is 8.63. The highest BCUT2D eigenvalue weighted by Crippen LogP contribution is 2.21. The van der Waals surface area contributed by atoms with Gasteiger partial charge in [-0.3, -0.25) is 9.89 Å². The van der Waals surface area contributed by atoms with Crippen LogP contribution in [0.15, 0.2) is 17.1 Å². The highest BCUT2D eigenvalue weighted by molar-refractivity contribution is 5.80. The molecule has 0 spiro atoms. The first kappa shape index (κ1) is 20.0. The van der Waals surface area contributed by atoms with Gasteiger partial charge in [-0.15, -0.1) is 0 Å². The van der Waals surface area contributed by atoms with Crippen molar-refractivity contribution >= 4 is 5.96 Å². The van der Waals surface area contributed by atoms with E-state index in [9.17, 15) is 0 Å². The number of guanidine groups is 1. The zero-order chi connectivity index (χ0) is 17.5. The SMILES string of the molecule is C=C(C)CN1CCC(NC(=NC)NCC(OC)C(C)(C)C)CC1. The Morgan fingerprint density at radius 3 is 2.39 bits per heavy atom. The Bertz CT molecular complexity index is 392. The number of nitrogens with one attached hydrogen (secondary N) is 2. The second-order valence-electron chi connectivity index (χ2n) is 7.70. The van der Waals surface area contributed by atoms with Crippen molar-refractivity contribution in [2.75, 3.05) is 40.3 Å². The summed E-state index contributed by atoms with van der Waals surface area (Å²) < 4.78 is 5.59. The monoisotopic (exact) mass is 324 g/mol. The summed E-state index contributed by atoms with van der Waals surface area (Å²) in [7, 11) is 3.59. The number of rotatable bonds is 6. The maximum absolute atomic E-state index is 5.59. The summed E-state index contributed by atoms with van der Waals surface area (Å²) in [5.41, 5.74) is 1.34. The Kier molecular flexibility index (Phi) is 8.06. The molecule has 5 heteroatoms. The lowest BCUT2D eigenvalue weighted by Crippen LogP contribution is -2.51. The molecule has 1 rings (SSSR count). The van der Waals surface area contributed by atoms with Gasteiger partial charge in [-0.05, 0) is 25.2 Å². The van der Waals surface area contributed by atoms with Crippen molar-refractivity contribution in [1.82, 2.24) is 15.5 Å². The van der Waals surface area contributed by atoms with E-state index in [2.05, 4.69) is 54.8 Å². The fourth-order valence-corrected chi connectivity index (χ4v) is 2.94. The van der Waals surface area contributed by atoms with Crippen LogP contribution in [0.1, 0.15) is 40.5 Å². The third kappa shape index (κ3) is 7.36. The molecule has 1 fully saturated rings. The molecular weight excluding hydrogens is 288 g/mol. The van der Waals surface area contributed by atoms with Gasteiger partial charge in [-0.2, -0.15) is 0 Å². The fourth-order valence-electron chi connectivity index (χ4n) is 2.94. The molecule has 1 heterocycles. The van der Waals surface area contributed by atoms with Crippen LogP contribution in [0.4, 0.5) is 0 Å². The third-order valence-electron chi connectivity index (χ3n) is 4.35. The van der Waals surface area contributed by atoms with E-state index < -0.39 is 0 Å².